The molecule has 1 fully saturated rings. The Morgan fingerprint density at radius 1 is 1.41 bits per heavy atom. The van der Waals surface area contributed by atoms with Crippen LogP contribution in [0.15, 0.2) is 5.38 Å². The van der Waals surface area contributed by atoms with Crippen molar-refractivity contribution in [2.75, 3.05) is 13.1 Å². The second-order valence-electron chi connectivity index (χ2n) is 5.99. The summed E-state index contributed by atoms with van der Waals surface area (Å²) >= 11 is 1.79. The molecule has 0 amide bonds. The quantitative estimate of drug-likeness (QED) is 0.880. The van der Waals surface area contributed by atoms with E-state index >= 15 is 0 Å². The molecular formula is C13H23N3S. The average Bonchev–Trinajstić information content (AvgIpc) is 2.69. The van der Waals surface area contributed by atoms with Gasteiger partial charge in [-0.25, -0.2) is 4.98 Å². The maximum Gasteiger partial charge on any atom is 0.107 e. The lowest BCUT2D eigenvalue weighted by Gasteiger charge is -2.29. The van der Waals surface area contributed by atoms with Gasteiger partial charge in [0, 0.05) is 29.9 Å². The molecule has 0 saturated carbocycles. The topological polar surface area (TPSA) is 42.1 Å². The van der Waals surface area contributed by atoms with E-state index in [2.05, 4.69) is 31.1 Å². The van der Waals surface area contributed by atoms with Crippen LogP contribution in [-0.4, -0.2) is 29.0 Å². The molecule has 0 radical (unpaired) electrons. The van der Waals surface area contributed by atoms with Crippen molar-refractivity contribution in [3.8, 4) is 0 Å². The zero-order valence-corrected chi connectivity index (χ0v) is 11.9. The molecule has 0 unspecified atom stereocenters. The first kappa shape index (κ1) is 13.0. The van der Waals surface area contributed by atoms with Gasteiger partial charge in [0.2, 0.25) is 0 Å². The molecule has 0 aliphatic carbocycles. The van der Waals surface area contributed by atoms with E-state index in [0.29, 0.717) is 6.04 Å². The van der Waals surface area contributed by atoms with Gasteiger partial charge < -0.3 is 5.73 Å². The number of aromatic nitrogens is 1. The number of nitrogens with two attached hydrogens (primary N) is 1. The SMILES string of the molecule is CC(C)(C)c1csc(CN2CCC(N)CC2)n1. The maximum atomic E-state index is 5.91. The van der Waals surface area contributed by atoms with Gasteiger partial charge in [0.25, 0.3) is 0 Å². The molecule has 0 bridgehead atoms. The smallest absolute Gasteiger partial charge is 0.107 e. The van der Waals surface area contributed by atoms with E-state index in [-0.39, 0.29) is 5.41 Å². The number of piperidine rings is 1. The van der Waals surface area contributed by atoms with Crippen LogP contribution in [0.1, 0.15) is 44.3 Å². The van der Waals surface area contributed by atoms with Crippen LogP contribution >= 0.6 is 11.3 Å². The van der Waals surface area contributed by atoms with Crippen molar-refractivity contribution >= 4 is 11.3 Å². The first-order valence-electron chi connectivity index (χ1n) is 6.38. The molecule has 2 rings (SSSR count). The summed E-state index contributed by atoms with van der Waals surface area (Å²) in [6.07, 6.45) is 2.25. The summed E-state index contributed by atoms with van der Waals surface area (Å²) < 4.78 is 0. The van der Waals surface area contributed by atoms with Crippen molar-refractivity contribution in [2.45, 2.75) is 51.6 Å². The lowest BCUT2D eigenvalue weighted by atomic mass is 9.93. The van der Waals surface area contributed by atoms with E-state index < -0.39 is 0 Å². The van der Waals surface area contributed by atoms with Crippen molar-refractivity contribution in [3.63, 3.8) is 0 Å². The van der Waals surface area contributed by atoms with Crippen LogP contribution in [0.4, 0.5) is 0 Å². The molecule has 96 valence electrons. The van der Waals surface area contributed by atoms with Crippen LogP contribution in [0.5, 0.6) is 0 Å². The number of hydrogen-bond donors (Lipinski definition) is 1. The molecule has 17 heavy (non-hydrogen) atoms. The van der Waals surface area contributed by atoms with E-state index in [1.54, 1.807) is 11.3 Å². The van der Waals surface area contributed by atoms with E-state index in [4.69, 9.17) is 10.7 Å². The van der Waals surface area contributed by atoms with E-state index in [1.165, 1.54) is 10.7 Å². The first-order valence-corrected chi connectivity index (χ1v) is 7.26. The van der Waals surface area contributed by atoms with Crippen molar-refractivity contribution in [1.82, 2.24) is 9.88 Å². The van der Waals surface area contributed by atoms with Gasteiger partial charge in [-0.15, -0.1) is 11.3 Å². The number of hydrogen-bond acceptors (Lipinski definition) is 4. The highest BCUT2D eigenvalue weighted by atomic mass is 32.1. The summed E-state index contributed by atoms with van der Waals surface area (Å²) in [4.78, 5) is 7.21. The van der Waals surface area contributed by atoms with E-state index in [1.807, 2.05) is 0 Å². The second-order valence-corrected chi connectivity index (χ2v) is 6.93. The molecule has 0 atom stereocenters. The van der Waals surface area contributed by atoms with Crippen molar-refractivity contribution in [3.05, 3.63) is 16.1 Å². The molecular weight excluding hydrogens is 230 g/mol. The summed E-state index contributed by atoms with van der Waals surface area (Å²) in [5, 5.41) is 3.44. The zero-order chi connectivity index (χ0) is 12.5. The van der Waals surface area contributed by atoms with Crippen LogP contribution in [-0.2, 0) is 12.0 Å². The molecule has 4 heteroatoms. The molecule has 2 heterocycles. The lowest BCUT2D eigenvalue weighted by molar-refractivity contribution is 0.205. The van der Waals surface area contributed by atoms with Crippen LogP contribution < -0.4 is 5.73 Å². The Morgan fingerprint density at radius 2 is 2.06 bits per heavy atom. The summed E-state index contributed by atoms with van der Waals surface area (Å²) in [6.45, 7) is 9.87. The Kier molecular flexibility index (Phi) is 3.85. The summed E-state index contributed by atoms with van der Waals surface area (Å²) in [6, 6.07) is 0.410. The largest absolute Gasteiger partial charge is 0.328 e. The van der Waals surface area contributed by atoms with Crippen molar-refractivity contribution in [2.24, 2.45) is 5.73 Å². The molecule has 3 nitrogen and oxygen atoms in total. The standard InChI is InChI=1S/C13H23N3S/c1-13(2,3)11-9-17-12(15-11)8-16-6-4-10(14)5-7-16/h9-10H,4-8,14H2,1-3H3. The number of thiazole rings is 1. The predicted octanol–water partition coefficient (Wildman–Crippen LogP) is 2.36. The lowest BCUT2D eigenvalue weighted by Crippen LogP contribution is -2.39. The Balaban J connectivity index is 1.93. The third-order valence-corrected chi connectivity index (χ3v) is 4.14. The fourth-order valence-corrected chi connectivity index (χ4v) is 3.09. The van der Waals surface area contributed by atoms with E-state index in [9.17, 15) is 0 Å². The highest BCUT2D eigenvalue weighted by Crippen LogP contribution is 2.25. The van der Waals surface area contributed by atoms with Crippen LogP contribution in [0.2, 0.25) is 0 Å². The van der Waals surface area contributed by atoms with E-state index in [0.717, 1.165) is 32.5 Å². The molecule has 1 aliphatic rings. The van der Waals surface area contributed by atoms with Gasteiger partial charge in [0.05, 0.1) is 12.2 Å². The van der Waals surface area contributed by atoms with Gasteiger partial charge in [-0.3, -0.25) is 4.90 Å². The molecule has 2 N–H and O–H groups in total. The fraction of sp³-hybridized carbons (Fsp3) is 0.769. The molecule has 1 saturated heterocycles. The third-order valence-electron chi connectivity index (χ3n) is 3.31. The van der Waals surface area contributed by atoms with Gasteiger partial charge in [-0.2, -0.15) is 0 Å². The predicted molar refractivity (Wildman–Crippen MR) is 73.3 cm³/mol. The van der Waals surface area contributed by atoms with Gasteiger partial charge >= 0.3 is 0 Å². The first-order chi connectivity index (χ1) is 7.95. The zero-order valence-electron chi connectivity index (χ0n) is 11.1. The highest BCUT2D eigenvalue weighted by Gasteiger charge is 2.20. The van der Waals surface area contributed by atoms with Crippen LogP contribution in [0.3, 0.4) is 0 Å². The number of nitrogens with zero attached hydrogens (tertiary/aromatic N) is 2. The minimum Gasteiger partial charge on any atom is -0.328 e. The van der Waals surface area contributed by atoms with Gasteiger partial charge in [-0.1, -0.05) is 20.8 Å². The Bertz CT molecular complexity index is 359. The normalized spacial score (nSPS) is 19.8. The molecule has 0 aromatic carbocycles. The summed E-state index contributed by atoms with van der Waals surface area (Å²) in [5.74, 6) is 0. The Hall–Kier alpha value is -0.450. The van der Waals surface area contributed by atoms with Crippen molar-refractivity contribution in [1.29, 1.82) is 0 Å². The molecule has 1 aromatic heterocycles. The Morgan fingerprint density at radius 3 is 2.59 bits per heavy atom. The molecule has 1 aromatic rings. The summed E-state index contributed by atoms with van der Waals surface area (Å²) in [5.41, 5.74) is 7.29. The molecule has 1 aliphatic heterocycles. The van der Waals surface area contributed by atoms with Crippen LogP contribution in [0.25, 0.3) is 0 Å². The average molecular weight is 253 g/mol. The summed E-state index contributed by atoms with van der Waals surface area (Å²) in [7, 11) is 0. The van der Waals surface area contributed by atoms with Crippen LogP contribution in [0, 0.1) is 0 Å². The molecule has 0 spiro atoms. The fourth-order valence-electron chi connectivity index (χ4n) is 2.03. The monoisotopic (exact) mass is 253 g/mol. The maximum absolute atomic E-state index is 5.91. The number of likely N-dealkylation sites (tertiary alicyclic amines) is 1. The van der Waals surface area contributed by atoms with Gasteiger partial charge in [0.15, 0.2) is 0 Å². The van der Waals surface area contributed by atoms with Gasteiger partial charge in [0.1, 0.15) is 5.01 Å². The minimum absolute atomic E-state index is 0.166. The van der Waals surface area contributed by atoms with Crippen molar-refractivity contribution < 1.29 is 0 Å². The highest BCUT2D eigenvalue weighted by molar-refractivity contribution is 7.09. The number of rotatable bonds is 2. The second kappa shape index (κ2) is 5.04. The minimum atomic E-state index is 0.166. The van der Waals surface area contributed by atoms with Gasteiger partial charge in [-0.05, 0) is 12.8 Å². The Labute approximate surface area is 108 Å². The third kappa shape index (κ3) is 3.50.